The maximum absolute atomic E-state index is 12.9. The minimum Gasteiger partial charge on any atom is -0.458 e. The lowest BCUT2D eigenvalue weighted by atomic mass is 10.1. The van der Waals surface area contributed by atoms with E-state index in [1.165, 1.54) is 6.07 Å². The SMILES string of the molecule is CC(C)(C)OC(=O)[C@H](O)Cc1ccc(F)c(F)c1. The Morgan fingerprint density at radius 3 is 2.44 bits per heavy atom. The molecular weight excluding hydrogens is 242 g/mol. The van der Waals surface area contributed by atoms with Gasteiger partial charge in [0.25, 0.3) is 0 Å². The Kier molecular flexibility index (Phi) is 4.40. The average Bonchev–Trinajstić information content (AvgIpc) is 2.21. The van der Waals surface area contributed by atoms with E-state index in [0.29, 0.717) is 5.56 Å². The Bertz CT molecular complexity index is 438. The molecule has 1 aromatic rings. The van der Waals surface area contributed by atoms with Gasteiger partial charge in [-0.25, -0.2) is 13.6 Å². The van der Waals surface area contributed by atoms with E-state index in [0.717, 1.165) is 12.1 Å². The van der Waals surface area contributed by atoms with E-state index in [4.69, 9.17) is 4.74 Å². The van der Waals surface area contributed by atoms with Crippen molar-refractivity contribution in [2.45, 2.75) is 38.9 Å². The first-order valence-corrected chi connectivity index (χ1v) is 5.54. The molecule has 0 saturated carbocycles. The van der Waals surface area contributed by atoms with E-state index in [1.54, 1.807) is 20.8 Å². The fraction of sp³-hybridized carbons (Fsp3) is 0.462. The van der Waals surface area contributed by atoms with Gasteiger partial charge in [-0.3, -0.25) is 0 Å². The molecule has 0 radical (unpaired) electrons. The maximum Gasteiger partial charge on any atom is 0.335 e. The van der Waals surface area contributed by atoms with Gasteiger partial charge in [-0.05, 0) is 38.5 Å². The third-order valence-electron chi connectivity index (χ3n) is 2.09. The summed E-state index contributed by atoms with van der Waals surface area (Å²) in [7, 11) is 0. The van der Waals surface area contributed by atoms with Gasteiger partial charge in [-0.1, -0.05) is 6.07 Å². The van der Waals surface area contributed by atoms with Gasteiger partial charge in [0.15, 0.2) is 17.7 Å². The van der Waals surface area contributed by atoms with Crippen molar-refractivity contribution in [3.8, 4) is 0 Å². The van der Waals surface area contributed by atoms with Gasteiger partial charge in [0.1, 0.15) is 5.60 Å². The van der Waals surface area contributed by atoms with E-state index in [-0.39, 0.29) is 6.42 Å². The van der Waals surface area contributed by atoms with Crippen LogP contribution in [0.3, 0.4) is 0 Å². The summed E-state index contributed by atoms with van der Waals surface area (Å²) in [5.74, 6) is -2.76. The highest BCUT2D eigenvalue weighted by atomic mass is 19.2. The number of esters is 1. The zero-order valence-corrected chi connectivity index (χ0v) is 10.5. The van der Waals surface area contributed by atoms with Crippen molar-refractivity contribution in [1.82, 2.24) is 0 Å². The highest BCUT2D eigenvalue weighted by Gasteiger charge is 2.23. The molecule has 1 rings (SSSR count). The average molecular weight is 258 g/mol. The Morgan fingerprint density at radius 2 is 1.94 bits per heavy atom. The van der Waals surface area contributed by atoms with E-state index >= 15 is 0 Å². The van der Waals surface area contributed by atoms with E-state index in [2.05, 4.69) is 0 Å². The van der Waals surface area contributed by atoms with Crippen molar-refractivity contribution in [1.29, 1.82) is 0 Å². The summed E-state index contributed by atoms with van der Waals surface area (Å²) in [4.78, 5) is 11.5. The number of hydrogen-bond donors (Lipinski definition) is 1. The van der Waals surface area contributed by atoms with Gasteiger partial charge in [0.2, 0.25) is 0 Å². The van der Waals surface area contributed by atoms with E-state index in [9.17, 15) is 18.7 Å². The normalized spacial score (nSPS) is 13.2. The first-order valence-electron chi connectivity index (χ1n) is 5.54. The number of hydrogen-bond acceptors (Lipinski definition) is 3. The van der Waals surface area contributed by atoms with Crippen molar-refractivity contribution in [2.24, 2.45) is 0 Å². The molecule has 0 saturated heterocycles. The zero-order valence-electron chi connectivity index (χ0n) is 10.5. The van der Waals surface area contributed by atoms with Crippen LogP contribution in [0.4, 0.5) is 8.78 Å². The quantitative estimate of drug-likeness (QED) is 0.845. The van der Waals surface area contributed by atoms with Crippen LogP contribution < -0.4 is 0 Å². The van der Waals surface area contributed by atoms with Crippen LogP contribution in [0.25, 0.3) is 0 Å². The van der Waals surface area contributed by atoms with Crippen LogP contribution >= 0.6 is 0 Å². The largest absolute Gasteiger partial charge is 0.458 e. The van der Waals surface area contributed by atoms with E-state index < -0.39 is 29.3 Å². The monoisotopic (exact) mass is 258 g/mol. The topological polar surface area (TPSA) is 46.5 Å². The molecule has 0 bridgehead atoms. The zero-order chi connectivity index (χ0) is 13.9. The number of benzene rings is 1. The summed E-state index contributed by atoms with van der Waals surface area (Å²) in [5, 5.41) is 9.60. The first kappa shape index (κ1) is 14.6. The molecule has 18 heavy (non-hydrogen) atoms. The summed E-state index contributed by atoms with van der Waals surface area (Å²) in [5.41, 5.74) is -0.376. The second-order valence-electron chi connectivity index (χ2n) is 5.00. The van der Waals surface area contributed by atoms with Crippen molar-refractivity contribution >= 4 is 5.97 Å². The molecule has 1 N–H and O–H groups in total. The standard InChI is InChI=1S/C13H16F2O3/c1-13(2,3)18-12(17)11(16)7-8-4-5-9(14)10(15)6-8/h4-6,11,16H,7H2,1-3H3/t11-/m1/s1. The van der Waals surface area contributed by atoms with Crippen LogP contribution in [0.1, 0.15) is 26.3 Å². The second kappa shape index (κ2) is 5.44. The molecule has 1 aromatic carbocycles. The van der Waals surface area contributed by atoms with Crippen LogP contribution in [-0.2, 0) is 16.0 Å². The van der Waals surface area contributed by atoms with Gasteiger partial charge >= 0.3 is 5.97 Å². The number of ether oxygens (including phenoxy) is 1. The molecule has 0 aliphatic carbocycles. The third kappa shape index (κ3) is 4.41. The Balaban J connectivity index is 2.66. The third-order valence-corrected chi connectivity index (χ3v) is 2.09. The summed E-state index contributed by atoms with van der Waals surface area (Å²) in [6, 6.07) is 3.21. The molecule has 5 heteroatoms. The lowest BCUT2D eigenvalue weighted by Crippen LogP contribution is -2.33. The molecule has 0 unspecified atom stereocenters. The second-order valence-corrected chi connectivity index (χ2v) is 5.00. The van der Waals surface area contributed by atoms with Crippen LogP contribution in [0.2, 0.25) is 0 Å². The number of carbonyl (C=O) groups is 1. The lowest BCUT2D eigenvalue weighted by molar-refractivity contribution is -0.164. The molecule has 0 amide bonds. The molecule has 1 atom stereocenters. The van der Waals surface area contributed by atoms with E-state index in [1.807, 2.05) is 0 Å². The molecule has 100 valence electrons. The minimum absolute atomic E-state index is 0.119. The molecule has 0 spiro atoms. The van der Waals surface area contributed by atoms with Gasteiger partial charge in [-0.15, -0.1) is 0 Å². The minimum atomic E-state index is -1.39. The lowest BCUT2D eigenvalue weighted by Gasteiger charge is -2.21. The van der Waals surface area contributed by atoms with Crippen molar-refractivity contribution in [3.63, 3.8) is 0 Å². The Morgan fingerprint density at radius 1 is 1.33 bits per heavy atom. The highest BCUT2D eigenvalue weighted by molar-refractivity contribution is 5.75. The molecule has 0 fully saturated rings. The number of halogens is 2. The predicted molar refractivity (Wildman–Crippen MR) is 61.9 cm³/mol. The van der Waals surface area contributed by atoms with Crippen LogP contribution in [-0.4, -0.2) is 22.8 Å². The summed E-state index contributed by atoms with van der Waals surface area (Å²) in [6.45, 7) is 5.03. The fourth-order valence-corrected chi connectivity index (χ4v) is 1.34. The smallest absolute Gasteiger partial charge is 0.335 e. The van der Waals surface area contributed by atoms with Crippen LogP contribution in [0, 0.1) is 11.6 Å². The number of rotatable bonds is 3. The molecular formula is C13H16F2O3. The van der Waals surface area contributed by atoms with Gasteiger partial charge in [-0.2, -0.15) is 0 Å². The summed E-state index contributed by atoms with van der Waals surface area (Å²) in [6.07, 6.45) is -1.51. The van der Waals surface area contributed by atoms with Crippen molar-refractivity contribution in [2.75, 3.05) is 0 Å². The molecule has 3 nitrogen and oxygen atoms in total. The number of aliphatic hydroxyl groups is 1. The predicted octanol–water partition coefficient (Wildman–Crippen LogP) is 2.21. The molecule has 0 aliphatic heterocycles. The molecule has 0 aromatic heterocycles. The van der Waals surface area contributed by atoms with Gasteiger partial charge in [0, 0.05) is 6.42 Å². The highest BCUT2D eigenvalue weighted by Crippen LogP contribution is 2.13. The summed E-state index contributed by atoms with van der Waals surface area (Å²) >= 11 is 0. The summed E-state index contributed by atoms with van der Waals surface area (Å²) < 4.78 is 30.6. The first-order chi connectivity index (χ1) is 8.19. The van der Waals surface area contributed by atoms with Gasteiger partial charge in [0.05, 0.1) is 0 Å². The molecule has 0 aliphatic rings. The van der Waals surface area contributed by atoms with Crippen LogP contribution in [0.15, 0.2) is 18.2 Å². The van der Waals surface area contributed by atoms with Crippen molar-refractivity contribution < 1.29 is 23.4 Å². The van der Waals surface area contributed by atoms with Crippen molar-refractivity contribution in [3.05, 3.63) is 35.4 Å². The number of aliphatic hydroxyl groups excluding tert-OH is 1. The fourth-order valence-electron chi connectivity index (χ4n) is 1.34. The van der Waals surface area contributed by atoms with Gasteiger partial charge < -0.3 is 9.84 Å². The Labute approximate surface area is 104 Å². The maximum atomic E-state index is 12.9. The number of carbonyl (C=O) groups excluding carboxylic acids is 1. The van der Waals surface area contributed by atoms with Crippen LogP contribution in [0.5, 0.6) is 0 Å². The molecule has 0 heterocycles. The Hall–Kier alpha value is -1.49.